The van der Waals surface area contributed by atoms with Crippen molar-refractivity contribution in [3.63, 3.8) is 0 Å². The van der Waals surface area contributed by atoms with E-state index in [1.54, 1.807) is 0 Å². The van der Waals surface area contributed by atoms with Crippen LogP contribution in [0, 0.1) is 0 Å². The van der Waals surface area contributed by atoms with Crippen LogP contribution >= 0.6 is 0 Å². The molecule has 0 aliphatic heterocycles. The molecule has 0 aromatic rings. The van der Waals surface area contributed by atoms with Crippen LogP contribution in [0.4, 0.5) is 0 Å². The Kier molecular flexibility index (Phi) is 26.0. The summed E-state index contributed by atoms with van der Waals surface area (Å²) < 4.78 is 10.8. The number of carbonyl (C=O) groups is 1. The van der Waals surface area contributed by atoms with E-state index in [4.69, 9.17) is 9.47 Å². The number of rotatable bonds is 25. The highest BCUT2D eigenvalue weighted by molar-refractivity contribution is 5.69. The van der Waals surface area contributed by atoms with Crippen molar-refractivity contribution >= 4 is 5.97 Å². The highest BCUT2D eigenvalue weighted by atomic mass is 16.6. The molecule has 0 rings (SSSR count). The first kappa shape index (κ1) is 29.4. The van der Waals surface area contributed by atoms with E-state index < -0.39 is 0 Å². The lowest BCUT2D eigenvalue weighted by Gasteiger charge is -2.06. The van der Waals surface area contributed by atoms with Crippen LogP contribution in [-0.2, 0) is 14.3 Å². The lowest BCUT2D eigenvalue weighted by Crippen LogP contribution is -2.10. The molecule has 0 unspecified atom stereocenters. The van der Waals surface area contributed by atoms with Gasteiger partial charge in [0.05, 0.1) is 6.61 Å². The smallest absolute Gasteiger partial charge is 0.305 e. The topological polar surface area (TPSA) is 35.5 Å². The number of hydrogen-bond acceptors (Lipinski definition) is 3. The van der Waals surface area contributed by atoms with Crippen molar-refractivity contribution in [2.24, 2.45) is 0 Å². The summed E-state index contributed by atoms with van der Waals surface area (Å²) in [6.07, 6.45) is 27.2. The number of hydrogen-bond donors (Lipinski definition) is 0. The van der Waals surface area contributed by atoms with Crippen molar-refractivity contribution in [1.29, 1.82) is 0 Å². The maximum atomic E-state index is 11.5. The van der Waals surface area contributed by atoms with Gasteiger partial charge in [0.15, 0.2) is 0 Å². The Balaban J connectivity index is 3.07. The molecular weight excluding hydrogens is 372 g/mol. The Bertz CT molecular complexity index is 330. The van der Waals surface area contributed by atoms with Crippen LogP contribution in [0.5, 0.6) is 0 Å². The Labute approximate surface area is 189 Å². The summed E-state index contributed by atoms with van der Waals surface area (Å²) in [5.74, 6) is -0.0721. The summed E-state index contributed by atoms with van der Waals surface area (Å²) in [4.78, 5) is 11.5. The van der Waals surface area contributed by atoms with E-state index in [-0.39, 0.29) is 5.97 Å². The molecule has 0 saturated heterocycles. The van der Waals surface area contributed by atoms with Gasteiger partial charge < -0.3 is 9.47 Å². The van der Waals surface area contributed by atoms with Gasteiger partial charge in [-0.15, -0.1) is 0 Å². The Morgan fingerprint density at radius 1 is 0.467 bits per heavy atom. The number of ether oxygens (including phenoxy) is 2. The molecule has 0 atom stereocenters. The molecule has 0 heterocycles. The molecule has 0 bridgehead atoms. The molecule has 0 aromatic carbocycles. The van der Waals surface area contributed by atoms with E-state index in [1.165, 1.54) is 109 Å². The minimum absolute atomic E-state index is 0.0721. The van der Waals surface area contributed by atoms with Gasteiger partial charge in [0.2, 0.25) is 0 Å². The molecule has 0 aliphatic rings. The van der Waals surface area contributed by atoms with Crippen LogP contribution in [0.1, 0.15) is 149 Å². The fraction of sp³-hybridized carbons (Fsp3) is 0.963. The van der Waals surface area contributed by atoms with E-state index >= 15 is 0 Å². The van der Waals surface area contributed by atoms with Gasteiger partial charge >= 0.3 is 5.97 Å². The molecule has 0 aliphatic carbocycles. The maximum absolute atomic E-state index is 11.5. The third-order valence-corrected chi connectivity index (χ3v) is 5.87. The van der Waals surface area contributed by atoms with Gasteiger partial charge in [-0.25, -0.2) is 0 Å². The second-order valence-corrected chi connectivity index (χ2v) is 8.95. The largest absolute Gasteiger partial charge is 0.463 e. The molecule has 0 saturated carbocycles. The first-order chi connectivity index (χ1) is 14.8. The Morgan fingerprint density at radius 3 is 1.33 bits per heavy atom. The van der Waals surface area contributed by atoms with Gasteiger partial charge in [-0.1, -0.05) is 129 Å². The average Bonchev–Trinajstić information content (AvgIpc) is 2.75. The zero-order valence-corrected chi connectivity index (χ0v) is 20.7. The van der Waals surface area contributed by atoms with Crippen molar-refractivity contribution in [1.82, 2.24) is 0 Å². The van der Waals surface area contributed by atoms with Crippen LogP contribution in [-0.4, -0.2) is 25.8 Å². The molecule has 0 spiro atoms. The fourth-order valence-corrected chi connectivity index (χ4v) is 3.84. The van der Waals surface area contributed by atoms with Crippen molar-refractivity contribution in [2.75, 3.05) is 19.8 Å². The zero-order chi connectivity index (χ0) is 22.0. The fourth-order valence-electron chi connectivity index (χ4n) is 3.84. The minimum atomic E-state index is -0.0721. The molecule has 0 fully saturated rings. The SMILES string of the molecule is CCCCCCCCCCCCCCCCCCOCCOC(=O)CCCCCC. The van der Waals surface area contributed by atoms with Crippen LogP contribution in [0.25, 0.3) is 0 Å². The Morgan fingerprint density at radius 2 is 0.867 bits per heavy atom. The Hall–Kier alpha value is -0.570. The molecule has 3 heteroatoms. The van der Waals surface area contributed by atoms with Crippen molar-refractivity contribution in [3.05, 3.63) is 0 Å². The molecular formula is C27H54O3. The van der Waals surface area contributed by atoms with Gasteiger partial charge in [0, 0.05) is 13.0 Å². The summed E-state index contributed by atoms with van der Waals surface area (Å²) >= 11 is 0. The van der Waals surface area contributed by atoms with Crippen LogP contribution in [0.3, 0.4) is 0 Å². The molecule has 30 heavy (non-hydrogen) atoms. The molecule has 0 radical (unpaired) electrons. The van der Waals surface area contributed by atoms with E-state index in [2.05, 4.69) is 13.8 Å². The second-order valence-electron chi connectivity index (χ2n) is 8.95. The highest BCUT2D eigenvalue weighted by Crippen LogP contribution is 2.13. The van der Waals surface area contributed by atoms with E-state index in [0.717, 1.165) is 25.9 Å². The van der Waals surface area contributed by atoms with E-state index in [9.17, 15) is 4.79 Å². The summed E-state index contributed by atoms with van der Waals surface area (Å²) in [5.41, 5.74) is 0. The van der Waals surface area contributed by atoms with Crippen molar-refractivity contribution < 1.29 is 14.3 Å². The summed E-state index contributed by atoms with van der Waals surface area (Å²) in [7, 11) is 0. The second kappa shape index (κ2) is 26.5. The minimum Gasteiger partial charge on any atom is -0.463 e. The van der Waals surface area contributed by atoms with Gasteiger partial charge in [-0.05, 0) is 12.8 Å². The average molecular weight is 427 g/mol. The highest BCUT2D eigenvalue weighted by Gasteiger charge is 2.02. The third-order valence-electron chi connectivity index (χ3n) is 5.87. The summed E-state index contributed by atoms with van der Waals surface area (Å²) in [6, 6.07) is 0. The molecule has 3 nitrogen and oxygen atoms in total. The predicted molar refractivity (Wildman–Crippen MR) is 130 cm³/mol. The standard InChI is InChI=1S/C27H54O3/c1-3-5-7-9-10-11-12-13-14-15-16-17-18-19-20-22-24-29-25-26-30-27(28)23-21-8-6-4-2/h3-26H2,1-2H3. The van der Waals surface area contributed by atoms with Crippen LogP contribution < -0.4 is 0 Å². The van der Waals surface area contributed by atoms with Crippen LogP contribution in [0.15, 0.2) is 0 Å². The van der Waals surface area contributed by atoms with Gasteiger partial charge in [-0.3, -0.25) is 4.79 Å². The lowest BCUT2D eigenvalue weighted by molar-refractivity contribution is -0.145. The van der Waals surface area contributed by atoms with Gasteiger partial charge in [-0.2, -0.15) is 0 Å². The van der Waals surface area contributed by atoms with E-state index in [1.807, 2.05) is 0 Å². The van der Waals surface area contributed by atoms with Gasteiger partial charge in [0.1, 0.15) is 6.61 Å². The van der Waals surface area contributed by atoms with Crippen molar-refractivity contribution in [3.8, 4) is 0 Å². The summed E-state index contributed by atoms with van der Waals surface area (Å²) in [5, 5.41) is 0. The van der Waals surface area contributed by atoms with Gasteiger partial charge in [0.25, 0.3) is 0 Å². The molecule has 0 N–H and O–H groups in total. The number of unbranched alkanes of at least 4 members (excludes halogenated alkanes) is 18. The number of esters is 1. The first-order valence-corrected chi connectivity index (χ1v) is 13.5. The number of carbonyl (C=O) groups excluding carboxylic acids is 1. The molecule has 0 amide bonds. The quantitative estimate of drug-likeness (QED) is 0.108. The third kappa shape index (κ3) is 25.5. The summed E-state index contributed by atoms with van der Waals surface area (Å²) in [6.45, 7) is 6.21. The molecule has 180 valence electrons. The zero-order valence-electron chi connectivity index (χ0n) is 20.7. The van der Waals surface area contributed by atoms with Crippen molar-refractivity contribution in [2.45, 2.75) is 149 Å². The maximum Gasteiger partial charge on any atom is 0.305 e. The van der Waals surface area contributed by atoms with Crippen LogP contribution in [0.2, 0.25) is 0 Å². The van der Waals surface area contributed by atoms with E-state index in [0.29, 0.717) is 19.6 Å². The predicted octanol–water partition coefficient (Wildman–Crippen LogP) is 8.78. The normalized spacial score (nSPS) is 11.1. The first-order valence-electron chi connectivity index (χ1n) is 13.5. The monoisotopic (exact) mass is 426 g/mol. The lowest BCUT2D eigenvalue weighted by atomic mass is 10.0. The molecule has 0 aromatic heterocycles.